The molecule has 0 unspecified atom stereocenters. The molecule has 2 atom stereocenters. The molecule has 2 heterocycles. The normalized spacial score (nSPS) is 21.2. The highest BCUT2D eigenvalue weighted by atomic mass is 16.5. The molecule has 2 saturated heterocycles. The number of ether oxygens (including phenoxy) is 3. The first-order chi connectivity index (χ1) is 17.5. The number of aromatic hydroxyl groups is 1. The molecule has 0 saturated carbocycles. The van der Waals surface area contributed by atoms with Crippen LogP contribution in [-0.2, 0) is 16.1 Å². The summed E-state index contributed by atoms with van der Waals surface area (Å²) < 4.78 is 15.7. The number of methoxy groups -OCH3 is 3. The minimum absolute atomic E-state index is 0.153. The molecule has 0 bridgehead atoms. The van der Waals surface area contributed by atoms with Crippen molar-refractivity contribution in [1.82, 2.24) is 9.80 Å². The molecule has 8 nitrogen and oxygen atoms in total. The third-order valence-corrected chi connectivity index (χ3v) is 7.62. The van der Waals surface area contributed by atoms with E-state index in [1.54, 1.807) is 20.3 Å². The molecule has 2 fully saturated rings. The molecule has 0 amide bonds. The Labute approximate surface area is 214 Å². The van der Waals surface area contributed by atoms with Crippen molar-refractivity contribution in [2.75, 3.05) is 65.5 Å². The first kappa shape index (κ1) is 26.1. The summed E-state index contributed by atoms with van der Waals surface area (Å²) in [7, 11) is 4.78. The van der Waals surface area contributed by atoms with Gasteiger partial charge in [-0.2, -0.15) is 0 Å². The highest BCUT2D eigenvalue weighted by molar-refractivity contribution is 5.69. The summed E-state index contributed by atoms with van der Waals surface area (Å²) in [5, 5.41) is 10.4. The van der Waals surface area contributed by atoms with Crippen molar-refractivity contribution in [2.45, 2.75) is 31.8 Å². The third kappa shape index (κ3) is 6.23. The first-order valence-corrected chi connectivity index (χ1v) is 12.8. The number of esters is 1. The van der Waals surface area contributed by atoms with Gasteiger partial charge in [0.2, 0.25) is 0 Å². The van der Waals surface area contributed by atoms with Gasteiger partial charge in [0.1, 0.15) is 17.2 Å². The van der Waals surface area contributed by atoms with Gasteiger partial charge >= 0.3 is 5.97 Å². The smallest absolute Gasteiger partial charge is 0.305 e. The van der Waals surface area contributed by atoms with Crippen molar-refractivity contribution in [3.8, 4) is 17.2 Å². The number of piperidine rings is 1. The topological polar surface area (TPSA) is 74.7 Å². The molecule has 36 heavy (non-hydrogen) atoms. The molecule has 2 aliphatic rings. The van der Waals surface area contributed by atoms with E-state index in [0.29, 0.717) is 30.7 Å². The summed E-state index contributed by atoms with van der Waals surface area (Å²) in [6.45, 7) is 6.39. The second-order valence-corrected chi connectivity index (χ2v) is 9.66. The van der Waals surface area contributed by atoms with Gasteiger partial charge in [-0.1, -0.05) is 18.2 Å². The van der Waals surface area contributed by atoms with Crippen LogP contribution in [0.15, 0.2) is 42.5 Å². The predicted molar refractivity (Wildman–Crippen MR) is 140 cm³/mol. The molecule has 2 aromatic rings. The van der Waals surface area contributed by atoms with Crippen molar-refractivity contribution in [3.05, 3.63) is 48.0 Å². The Balaban J connectivity index is 1.41. The Morgan fingerprint density at radius 2 is 1.78 bits per heavy atom. The van der Waals surface area contributed by atoms with E-state index in [9.17, 15) is 9.90 Å². The molecule has 0 spiro atoms. The fourth-order valence-electron chi connectivity index (χ4n) is 5.64. The van der Waals surface area contributed by atoms with Crippen molar-refractivity contribution in [2.24, 2.45) is 5.92 Å². The molecule has 0 radical (unpaired) electrons. The summed E-state index contributed by atoms with van der Waals surface area (Å²) in [5.74, 6) is 2.03. The summed E-state index contributed by atoms with van der Waals surface area (Å²) in [6.07, 6.45) is 2.27. The van der Waals surface area contributed by atoms with Crippen LogP contribution in [0.2, 0.25) is 0 Å². The van der Waals surface area contributed by atoms with Gasteiger partial charge in [-0.25, -0.2) is 0 Å². The van der Waals surface area contributed by atoms with Crippen LogP contribution in [0.25, 0.3) is 0 Å². The fraction of sp³-hybridized carbons (Fsp3) is 0.536. The first-order valence-electron chi connectivity index (χ1n) is 12.8. The van der Waals surface area contributed by atoms with E-state index < -0.39 is 0 Å². The minimum Gasteiger partial charge on any atom is -0.507 e. The molecule has 8 heteroatoms. The van der Waals surface area contributed by atoms with Crippen molar-refractivity contribution in [1.29, 1.82) is 0 Å². The zero-order valence-corrected chi connectivity index (χ0v) is 21.7. The number of nitrogens with zero attached hydrogens (tertiary/aromatic N) is 3. The lowest BCUT2D eigenvalue weighted by Gasteiger charge is -2.47. The van der Waals surface area contributed by atoms with Gasteiger partial charge in [0.15, 0.2) is 0 Å². The number of hydrogen-bond acceptors (Lipinski definition) is 8. The van der Waals surface area contributed by atoms with Crippen LogP contribution in [0.5, 0.6) is 17.2 Å². The largest absolute Gasteiger partial charge is 0.507 e. The van der Waals surface area contributed by atoms with E-state index in [1.807, 2.05) is 24.3 Å². The second-order valence-electron chi connectivity index (χ2n) is 9.66. The molecular weight excluding hydrogens is 458 g/mol. The van der Waals surface area contributed by atoms with Crippen molar-refractivity contribution >= 4 is 11.7 Å². The zero-order chi connectivity index (χ0) is 25.5. The Morgan fingerprint density at radius 1 is 1.00 bits per heavy atom. The fourth-order valence-corrected chi connectivity index (χ4v) is 5.64. The quantitative estimate of drug-likeness (QED) is 0.529. The van der Waals surface area contributed by atoms with E-state index in [0.717, 1.165) is 69.1 Å². The van der Waals surface area contributed by atoms with Gasteiger partial charge in [0, 0.05) is 63.4 Å². The number of para-hydroxylation sites is 2. The Bertz CT molecular complexity index is 1010. The Kier molecular flexibility index (Phi) is 8.93. The molecule has 2 aromatic carbocycles. The maximum atomic E-state index is 12.0. The van der Waals surface area contributed by atoms with Gasteiger partial charge in [-0.05, 0) is 43.5 Å². The number of hydrogen-bond donors (Lipinski definition) is 1. The SMILES string of the molecule is COC(=O)CC[C@@H]1CN(Cc2ccc(OC)cc2O)CC[C@@H]1N1CCN(c2ccccc2OC)CC1. The van der Waals surface area contributed by atoms with Gasteiger partial charge < -0.3 is 24.2 Å². The number of carbonyl (C=O) groups is 1. The number of phenols is 1. The lowest BCUT2D eigenvalue weighted by atomic mass is 9.86. The van der Waals surface area contributed by atoms with Crippen LogP contribution in [0, 0.1) is 5.92 Å². The zero-order valence-electron chi connectivity index (χ0n) is 21.7. The van der Waals surface area contributed by atoms with Gasteiger partial charge in [0.05, 0.1) is 27.0 Å². The van der Waals surface area contributed by atoms with E-state index in [4.69, 9.17) is 14.2 Å². The van der Waals surface area contributed by atoms with Gasteiger partial charge in [-0.15, -0.1) is 0 Å². The Hall–Kier alpha value is -2.97. The standard InChI is InChI=1S/C28H39N3O5/c1-34-23-10-8-22(26(32)18-23)20-29-13-12-24(21(19-29)9-11-28(33)36-3)30-14-16-31(17-15-30)25-6-4-5-7-27(25)35-2/h4-8,10,18,21,24,32H,9,11-17,19-20H2,1-3H3/t21-,24+/m1/s1. The predicted octanol–water partition coefficient (Wildman–Crippen LogP) is 3.38. The molecule has 2 aliphatic heterocycles. The minimum atomic E-state index is -0.153. The van der Waals surface area contributed by atoms with Crippen LogP contribution < -0.4 is 14.4 Å². The summed E-state index contributed by atoms with van der Waals surface area (Å²) in [5.41, 5.74) is 2.04. The third-order valence-electron chi connectivity index (χ3n) is 7.62. The van der Waals surface area contributed by atoms with Gasteiger partial charge in [-0.3, -0.25) is 14.6 Å². The van der Waals surface area contributed by atoms with Crippen LogP contribution in [0.4, 0.5) is 5.69 Å². The maximum Gasteiger partial charge on any atom is 0.305 e. The van der Waals surface area contributed by atoms with Crippen molar-refractivity contribution in [3.63, 3.8) is 0 Å². The van der Waals surface area contributed by atoms with E-state index in [2.05, 4.69) is 26.8 Å². The highest BCUT2D eigenvalue weighted by Gasteiger charge is 2.35. The number of anilines is 1. The number of phenolic OH excluding ortho intramolecular Hbond substituents is 1. The van der Waals surface area contributed by atoms with Crippen LogP contribution in [-0.4, -0.2) is 87.5 Å². The molecule has 0 aliphatic carbocycles. The highest BCUT2D eigenvalue weighted by Crippen LogP contribution is 2.33. The van der Waals surface area contributed by atoms with Gasteiger partial charge in [0.25, 0.3) is 0 Å². The van der Waals surface area contributed by atoms with E-state index in [1.165, 1.54) is 7.11 Å². The molecular formula is C28H39N3O5. The number of piperazine rings is 1. The number of rotatable bonds is 9. The lowest BCUT2D eigenvalue weighted by Crippen LogP contribution is -2.56. The second kappa shape index (κ2) is 12.3. The van der Waals surface area contributed by atoms with Crippen LogP contribution in [0.1, 0.15) is 24.8 Å². The molecule has 1 N–H and O–H groups in total. The van der Waals surface area contributed by atoms with E-state index in [-0.39, 0.29) is 11.7 Å². The molecule has 0 aromatic heterocycles. The maximum absolute atomic E-state index is 12.0. The van der Waals surface area contributed by atoms with E-state index >= 15 is 0 Å². The Morgan fingerprint density at radius 3 is 2.47 bits per heavy atom. The average Bonchev–Trinajstić information content (AvgIpc) is 2.93. The van der Waals surface area contributed by atoms with Crippen LogP contribution in [0.3, 0.4) is 0 Å². The summed E-state index contributed by atoms with van der Waals surface area (Å²) >= 11 is 0. The summed E-state index contributed by atoms with van der Waals surface area (Å²) in [4.78, 5) is 19.4. The summed E-state index contributed by atoms with van der Waals surface area (Å²) in [6, 6.07) is 14.1. The van der Waals surface area contributed by atoms with Crippen LogP contribution >= 0.6 is 0 Å². The number of carbonyl (C=O) groups excluding carboxylic acids is 1. The molecule has 196 valence electrons. The monoisotopic (exact) mass is 497 g/mol. The van der Waals surface area contributed by atoms with Crippen molar-refractivity contribution < 1.29 is 24.1 Å². The lowest BCUT2D eigenvalue weighted by molar-refractivity contribution is -0.141. The average molecular weight is 498 g/mol. The molecule has 4 rings (SSSR count). The number of likely N-dealkylation sites (tertiary alicyclic amines) is 1. The number of benzene rings is 2.